The number of nitrogens with one attached hydrogen (secondary N) is 1. The van der Waals surface area contributed by atoms with Crippen molar-refractivity contribution in [2.45, 2.75) is 6.92 Å². The SMILES string of the molecule is CC(=O)NCC#Cc1ccc(C=O)s1. The Bertz CT molecular complexity index is 398. The van der Waals surface area contributed by atoms with Crippen LogP contribution >= 0.6 is 11.3 Å². The van der Waals surface area contributed by atoms with E-state index in [1.165, 1.54) is 18.3 Å². The van der Waals surface area contributed by atoms with Gasteiger partial charge >= 0.3 is 0 Å². The molecule has 72 valence electrons. The van der Waals surface area contributed by atoms with E-state index < -0.39 is 0 Å². The van der Waals surface area contributed by atoms with E-state index in [4.69, 9.17) is 0 Å². The van der Waals surface area contributed by atoms with Crippen LogP contribution in [0.25, 0.3) is 0 Å². The van der Waals surface area contributed by atoms with Gasteiger partial charge in [0.25, 0.3) is 0 Å². The maximum absolute atomic E-state index is 10.5. The van der Waals surface area contributed by atoms with Crippen molar-refractivity contribution in [3.05, 3.63) is 21.9 Å². The van der Waals surface area contributed by atoms with Gasteiger partial charge < -0.3 is 5.32 Å². The highest BCUT2D eigenvalue weighted by Gasteiger charge is 1.94. The average molecular weight is 207 g/mol. The Kier molecular flexibility index (Phi) is 3.89. The minimum Gasteiger partial charge on any atom is -0.345 e. The van der Waals surface area contributed by atoms with E-state index in [1.807, 2.05) is 0 Å². The normalized spacial score (nSPS) is 8.64. The van der Waals surface area contributed by atoms with Crippen LogP contribution < -0.4 is 5.32 Å². The van der Waals surface area contributed by atoms with Crippen molar-refractivity contribution in [3.8, 4) is 11.8 Å². The number of rotatable bonds is 2. The first kappa shape index (κ1) is 10.5. The fourth-order valence-electron chi connectivity index (χ4n) is 0.783. The number of hydrogen-bond acceptors (Lipinski definition) is 3. The molecule has 1 N–H and O–H groups in total. The molecule has 3 nitrogen and oxygen atoms in total. The Hall–Kier alpha value is -1.60. The molecule has 0 aromatic carbocycles. The van der Waals surface area contributed by atoms with Crippen molar-refractivity contribution >= 4 is 23.5 Å². The highest BCUT2D eigenvalue weighted by atomic mass is 32.1. The molecule has 0 saturated heterocycles. The van der Waals surface area contributed by atoms with E-state index in [-0.39, 0.29) is 5.91 Å². The highest BCUT2D eigenvalue weighted by Crippen LogP contribution is 2.12. The number of carbonyl (C=O) groups excluding carboxylic acids is 2. The molecule has 1 aromatic heterocycles. The zero-order chi connectivity index (χ0) is 10.4. The van der Waals surface area contributed by atoms with E-state index in [0.717, 1.165) is 11.2 Å². The summed E-state index contributed by atoms with van der Waals surface area (Å²) in [4.78, 5) is 22.3. The molecular weight excluding hydrogens is 198 g/mol. The van der Waals surface area contributed by atoms with Crippen LogP contribution in [-0.4, -0.2) is 18.7 Å². The molecule has 1 rings (SSSR count). The van der Waals surface area contributed by atoms with Crippen LogP contribution in [-0.2, 0) is 4.79 Å². The average Bonchev–Trinajstić information content (AvgIpc) is 2.60. The zero-order valence-electron chi connectivity index (χ0n) is 7.66. The first-order valence-electron chi connectivity index (χ1n) is 4.00. The molecule has 0 aliphatic carbocycles. The van der Waals surface area contributed by atoms with E-state index >= 15 is 0 Å². The molecular formula is C10H9NO2S. The molecule has 0 aliphatic heterocycles. The lowest BCUT2D eigenvalue weighted by atomic mass is 10.4. The van der Waals surface area contributed by atoms with Crippen LogP contribution in [0.15, 0.2) is 12.1 Å². The summed E-state index contributed by atoms with van der Waals surface area (Å²) in [6, 6.07) is 3.51. The summed E-state index contributed by atoms with van der Waals surface area (Å²) in [5.41, 5.74) is 0. The van der Waals surface area contributed by atoms with E-state index in [1.54, 1.807) is 12.1 Å². The van der Waals surface area contributed by atoms with Crippen molar-refractivity contribution in [3.63, 3.8) is 0 Å². The van der Waals surface area contributed by atoms with Crippen LogP contribution in [0.1, 0.15) is 21.5 Å². The Labute approximate surface area is 86.1 Å². The third-order valence-corrected chi connectivity index (χ3v) is 2.31. The fraction of sp³-hybridized carbons (Fsp3) is 0.200. The zero-order valence-corrected chi connectivity index (χ0v) is 8.48. The lowest BCUT2D eigenvalue weighted by Gasteiger charge is -1.90. The van der Waals surface area contributed by atoms with Crippen LogP contribution in [0.5, 0.6) is 0 Å². The number of hydrogen-bond donors (Lipinski definition) is 1. The van der Waals surface area contributed by atoms with Crippen molar-refractivity contribution in [1.29, 1.82) is 0 Å². The summed E-state index contributed by atoms with van der Waals surface area (Å²) in [5, 5.41) is 2.56. The molecule has 0 fully saturated rings. The largest absolute Gasteiger partial charge is 0.345 e. The Morgan fingerprint density at radius 2 is 2.43 bits per heavy atom. The third-order valence-electron chi connectivity index (χ3n) is 1.38. The van der Waals surface area contributed by atoms with Gasteiger partial charge in [0.1, 0.15) is 0 Å². The highest BCUT2D eigenvalue weighted by molar-refractivity contribution is 7.14. The van der Waals surface area contributed by atoms with Gasteiger partial charge in [-0.2, -0.15) is 0 Å². The van der Waals surface area contributed by atoms with Gasteiger partial charge in [-0.1, -0.05) is 11.8 Å². The molecule has 1 aromatic rings. The number of amides is 1. The monoisotopic (exact) mass is 207 g/mol. The second kappa shape index (κ2) is 5.20. The summed E-state index contributed by atoms with van der Waals surface area (Å²) in [6.07, 6.45) is 0.795. The lowest BCUT2D eigenvalue weighted by molar-refractivity contribution is -0.118. The Morgan fingerprint density at radius 1 is 1.64 bits per heavy atom. The number of aldehydes is 1. The van der Waals surface area contributed by atoms with Gasteiger partial charge in [0.05, 0.1) is 16.3 Å². The summed E-state index contributed by atoms with van der Waals surface area (Å²) in [6.45, 7) is 1.78. The first-order valence-corrected chi connectivity index (χ1v) is 4.82. The lowest BCUT2D eigenvalue weighted by Crippen LogP contribution is -2.19. The van der Waals surface area contributed by atoms with Gasteiger partial charge in [-0.05, 0) is 12.1 Å². The Morgan fingerprint density at radius 3 is 3.00 bits per heavy atom. The number of thiophene rings is 1. The van der Waals surface area contributed by atoms with Crippen LogP contribution in [0.4, 0.5) is 0 Å². The molecule has 0 saturated carbocycles. The number of carbonyl (C=O) groups is 2. The van der Waals surface area contributed by atoms with Crippen molar-refractivity contribution < 1.29 is 9.59 Å². The molecule has 4 heteroatoms. The summed E-state index contributed by atoms with van der Waals surface area (Å²) < 4.78 is 0. The summed E-state index contributed by atoms with van der Waals surface area (Å²) in [5.74, 6) is 5.53. The molecule has 0 unspecified atom stereocenters. The van der Waals surface area contributed by atoms with E-state index in [9.17, 15) is 9.59 Å². The van der Waals surface area contributed by atoms with Crippen LogP contribution in [0.2, 0.25) is 0 Å². The molecule has 1 amide bonds. The van der Waals surface area contributed by atoms with E-state index in [0.29, 0.717) is 11.4 Å². The third kappa shape index (κ3) is 3.42. The predicted molar refractivity (Wildman–Crippen MR) is 55.3 cm³/mol. The first-order chi connectivity index (χ1) is 6.72. The van der Waals surface area contributed by atoms with Gasteiger partial charge in [0, 0.05) is 6.92 Å². The van der Waals surface area contributed by atoms with Gasteiger partial charge in [-0.25, -0.2) is 0 Å². The van der Waals surface area contributed by atoms with Gasteiger partial charge in [0.15, 0.2) is 6.29 Å². The van der Waals surface area contributed by atoms with E-state index in [2.05, 4.69) is 17.2 Å². The molecule has 1 heterocycles. The van der Waals surface area contributed by atoms with Gasteiger partial charge in [-0.15, -0.1) is 11.3 Å². The van der Waals surface area contributed by atoms with Crippen LogP contribution in [0.3, 0.4) is 0 Å². The minimum atomic E-state index is -0.0981. The molecule has 0 radical (unpaired) electrons. The maximum Gasteiger partial charge on any atom is 0.217 e. The second-order valence-electron chi connectivity index (χ2n) is 2.53. The Balaban J connectivity index is 2.50. The minimum absolute atomic E-state index is 0.0981. The van der Waals surface area contributed by atoms with Crippen molar-refractivity contribution in [2.75, 3.05) is 6.54 Å². The molecule has 0 atom stereocenters. The smallest absolute Gasteiger partial charge is 0.217 e. The molecule has 14 heavy (non-hydrogen) atoms. The standard InChI is InChI=1S/C10H9NO2S/c1-8(13)11-6-2-3-9-4-5-10(7-12)14-9/h4-5,7H,6H2,1H3,(H,11,13). The summed E-state index contributed by atoms with van der Waals surface area (Å²) in [7, 11) is 0. The predicted octanol–water partition coefficient (Wildman–Crippen LogP) is 1.05. The molecule has 0 spiro atoms. The van der Waals surface area contributed by atoms with Gasteiger partial charge in [0.2, 0.25) is 5.91 Å². The molecule has 0 aliphatic rings. The maximum atomic E-state index is 10.5. The van der Waals surface area contributed by atoms with Gasteiger partial charge in [-0.3, -0.25) is 9.59 Å². The fourth-order valence-corrected chi connectivity index (χ4v) is 1.48. The van der Waals surface area contributed by atoms with Crippen molar-refractivity contribution in [2.24, 2.45) is 0 Å². The topological polar surface area (TPSA) is 46.2 Å². The second-order valence-corrected chi connectivity index (χ2v) is 3.65. The molecule has 0 bridgehead atoms. The van der Waals surface area contributed by atoms with Crippen molar-refractivity contribution in [1.82, 2.24) is 5.32 Å². The van der Waals surface area contributed by atoms with Crippen LogP contribution in [0, 0.1) is 11.8 Å². The summed E-state index contributed by atoms with van der Waals surface area (Å²) >= 11 is 1.34. The quantitative estimate of drug-likeness (QED) is 0.582.